The van der Waals surface area contributed by atoms with Crippen LogP contribution in [0.1, 0.15) is 31.7 Å². The number of anilines is 1. The highest BCUT2D eigenvalue weighted by molar-refractivity contribution is 7.89. The number of hydrogen-bond acceptors (Lipinski definition) is 3. The highest BCUT2D eigenvalue weighted by Crippen LogP contribution is 2.28. The molecule has 0 aromatic heterocycles. The smallest absolute Gasteiger partial charge is 0.243 e. The number of nitrogens with one attached hydrogen (secondary N) is 1. The van der Waals surface area contributed by atoms with Crippen molar-refractivity contribution in [1.82, 2.24) is 4.72 Å². The van der Waals surface area contributed by atoms with E-state index >= 15 is 0 Å². The molecular formula is C13H19FN2O2S. The molecule has 3 N–H and O–H groups in total. The van der Waals surface area contributed by atoms with Crippen LogP contribution in [0.25, 0.3) is 0 Å². The van der Waals surface area contributed by atoms with Gasteiger partial charge in [0.15, 0.2) is 0 Å². The van der Waals surface area contributed by atoms with Gasteiger partial charge in [-0.3, -0.25) is 0 Å². The molecule has 2 atom stereocenters. The van der Waals surface area contributed by atoms with Crippen LogP contribution < -0.4 is 10.5 Å². The summed E-state index contributed by atoms with van der Waals surface area (Å²) in [6.07, 6.45) is 2.78. The molecule has 4 nitrogen and oxygen atoms in total. The second-order valence-corrected chi connectivity index (χ2v) is 6.96. The highest BCUT2D eigenvalue weighted by Gasteiger charge is 2.30. The van der Waals surface area contributed by atoms with E-state index in [0.717, 1.165) is 25.3 Å². The van der Waals surface area contributed by atoms with E-state index in [4.69, 9.17) is 5.73 Å². The van der Waals surface area contributed by atoms with Gasteiger partial charge in [0, 0.05) is 11.7 Å². The van der Waals surface area contributed by atoms with E-state index in [1.54, 1.807) is 6.92 Å². The topological polar surface area (TPSA) is 72.2 Å². The van der Waals surface area contributed by atoms with E-state index in [1.807, 2.05) is 6.92 Å². The minimum atomic E-state index is -3.85. The third kappa shape index (κ3) is 2.90. The molecule has 106 valence electrons. The van der Waals surface area contributed by atoms with Crippen molar-refractivity contribution in [1.29, 1.82) is 0 Å². The summed E-state index contributed by atoms with van der Waals surface area (Å²) in [7, 11) is -3.85. The fraction of sp³-hybridized carbons (Fsp3) is 0.538. The summed E-state index contributed by atoms with van der Waals surface area (Å²) in [5, 5.41) is 0. The maximum absolute atomic E-state index is 13.8. The molecule has 2 rings (SSSR count). The largest absolute Gasteiger partial charge is 0.398 e. The van der Waals surface area contributed by atoms with Gasteiger partial charge in [0.1, 0.15) is 10.7 Å². The lowest BCUT2D eigenvalue weighted by Crippen LogP contribution is -2.36. The molecule has 1 aliphatic carbocycles. The Morgan fingerprint density at radius 1 is 1.37 bits per heavy atom. The normalized spacial score (nSPS) is 23.7. The molecule has 0 saturated heterocycles. The number of nitrogen functional groups attached to an aromatic ring is 1. The molecule has 1 fully saturated rings. The first-order valence-corrected chi connectivity index (χ1v) is 7.87. The average Bonchev–Trinajstić information content (AvgIpc) is 2.69. The van der Waals surface area contributed by atoms with Gasteiger partial charge in [-0.25, -0.2) is 17.5 Å². The van der Waals surface area contributed by atoms with Crippen LogP contribution in [-0.2, 0) is 10.0 Å². The van der Waals surface area contributed by atoms with Crippen molar-refractivity contribution in [2.75, 3.05) is 5.73 Å². The van der Waals surface area contributed by atoms with Crippen LogP contribution in [0.4, 0.5) is 10.1 Å². The van der Waals surface area contributed by atoms with Gasteiger partial charge in [0.05, 0.1) is 0 Å². The molecule has 6 heteroatoms. The fourth-order valence-electron chi connectivity index (χ4n) is 2.46. The van der Waals surface area contributed by atoms with Crippen LogP contribution in [0, 0.1) is 18.7 Å². The first-order valence-electron chi connectivity index (χ1n) is 6.39. The third-order valence-corrected chi connectivity index (χ3v) is 5.28. The number of hydrogen-bond donors (Lipinski definition) is 2. The zero-order valence-electron chi connectivity index (χ0n) is 11.1. The second kappa shape index (κ2) is 5.09. The lowest BCUT2D eigenvalue weighted by Gasteiger charge is -2.18. The van der Waals surface area contributed by atoms with Crippen LogP contribution in [0.15, 0.2) is 17.0 Å². The predicted molar refractivity (Wildman–Crippen MR) is 72.7 cm³/mol. The van der Waals surface area contributed by atoms with Crippen LogP contribution in [0.5, 0.6) is 0 Å². The predicted octanol–water partition coefficient (Wildman–Crippen LogP) is 2.18. The van der Waals surface area contributed by atoms with Crippen LogP contribution in [-0.4, -0.2) is 14.5 Å². The monoisotopic (exact) mass is 286 g/mol. The van der Waals surface area contributed by atoms with E-state index in [9.17, 15) is 12.8 Å². The van der Waals surface area contributed by atoms with Crippen molar-refractivity contribution in [2.45, 2.75) is 44.0 Å². The summed E-state index contributed by atoms with van der Waals surface area (Å²) in [6.45, 7) is 3.64. The van der Waals surface area contributed by atoms with Gasteiger partial charge in [-0.2, -0.15) is 0 Å². The Kier molecular flexibility index (Phi) is 3.82. The summed E-state index contributed by atoms with van der Waals surface area (Å²) in [5.41, 5.74) is 6.47. The van der Waals surface area contributed by atoms with Gasteiger partial charge in [-0.05, 0) is 43.4 Å². The maximum Gasteiger partial charge on any atom is 0.243 e. The van der Waals surface area contributed by atoms with Crippen LogP contribution in [0.3, 0.4) is 0 Å². The molecule has 19 heavy (non-hydrogen) atoms. The molecular weight excluding hydrogens is 267 g/mol. The molecule has 0 heterocycles. The van der Waals surface area contributed by atoms with E-state index in [-0.39, 0.29) is 22.5 Å². The Morgan fingerprint density at radius 3 is 2.63 bits per heavy atom. The second-order valence-electron chi connectivity index (χ2n) is 5.28. The van der Waals surface area contributed by atoms with Gasteiger partial charge < -0.3 is 5.73 Å². The maximum atomic E-state index is 13.8. The third-order valence-electron chi connectivity index (χ3n) is 3.78. The van der Waals surface area contributed by atoms with Crippen LogP contribution in [0.2, 0.25) is 0 Å². The van der Waals surface area contributed by atoms with Crippen molar-refractivity contribution in [3.8, 4) is 0 Å². The van der Waals surface area contributed by atoms with Crippen molar-refractivity contribution < 1.29 is 12.8 Å². The minimum absolute atomic E-state index is 0.119. The van der Waals surface area contributed by atoms with Crippen molar-refractivity contribution in [2.24, 2.45) is 5.92 Å². The standard InChI is InChI=1S/C13H19FN2O2S/c1-8-4-3-5-12(8)16-19(17,18)13-7-11(15)9(2)6-10(13)14/h6-8,12,16H,3-5,15H2,1-2H3. The lowest BCUT2D eigenvalue weighted by molar-refractivity contribution is 0.473. The molecule has 0 bridgehead atoms. The van der Waals surface area contributed by atoms with Gasteiger partial charge in [0.2, 0.25) is 10.0 Å². The summed E-state index contributed by atoms with van der Waals surface area (Å²) in [4.78, 5) is -0.366. The number of benzene rings is 1. The van der Waals surface area contributed by atoms with Gasteiger partial charge in [-0.1, -0.05) is 13.3 Å². The highest BCUT2D eigenvalue weighted by atomic mass is 32.2. The molecule has 2 unspecified atom stereocenters. The molecule has 0 amide bonds. The average molecular weight is 286 g/mol. The zero-order valence-corrected chi connectivity index (χ0v) is 11.9. The van der Waals surface area contributed by atoms with E-state index < -0.39 is 15.8 Å². The Labute approximate surface area is 113 Å². The number of sulfonamides is 1. The quantitative estimate of drug-likeness (QED) is 0.837. The molecule has 0 spiro atoms. The number of nitrogens with two attached hydrogens (primary N) is 1. The van der Waals surface area contributed by atoms with E-state index in [2.05, 4.69) is 4.72 Å². The van der Waals surface area contributed by atoms with Gasteiger partial charge in [-0.15, -0.1) is 0 Å². The van der Waals surface area contributed by atoms with Crippen molar-refractivity contribution >= 4 is 15.7 Å². The van der Waals surface area contributed by atoms with Crippen LogP contribution >= 0.6 is 0 Å². The first-order chi connectivity index (χ1) is 8.81. The lowest BCUT2D eigenvalue weighted by atomic mass is 10.1. The van der Waals surface area contributed by atoms with E-state index in [0.29, 0.717) is 5.56 Å². The Bertz CT molecular complexity index is 587. The molecule has 0 radical (unpaired) electrons. The minimum Gasteiger partial charge on any atom is -0.398 e. The van der Waals surface area contributed by atoms with Crippen molar-refractivity contribution in [3.63, 3.8) is 0 Å². The summed E-state index contributed by atoms with van der Waals surface area (Å²) in [5.74, 6) is -0.481. The summed E-state index contributed by atoms with van der Waals surface area (Å²) < 4.78 is 40.8. The fourth-order valence-corrected chi connectivity index (χ4v) is 3.93. The Hall–Kier alpha value is -1.14. The Balaban J connectivity index is 2.32. The number of rotatable bonds is 3. The molecule has 1 aliphatic rings. The van der Waals surface area contributed by atoms with Gasteiger partial charge >= 0.3 is 0 Å². The zero-order chi connectivity index (χ0) is 14.2. The Morgan fingerprint density at radius 2 is 2.05 bits per heavy atom. The SMILES string of the molecule is Cc1cc(F)c(S(=O)(=O)NC2CCCC2C)cc1N. The summed E-state index contributed by atoms with van der Waals surface area (Å²) in [6, 6.07) is 2.22. The molecule has 1 aromatic carbocycles. The molecule has 1 aromatic rings. The molecule has 0 aliphatic heterocycles. The number of halogens is 1. The molecule has 1 saturated carbocycles. The van der Waals surface area contributed by atoms with Crippen molar-refractivity contribution in [3.05, 3.63) is 23.5 Å². The first kappa shape index (κ1) is 14.3. The summed E-state index contributed by atoms with van der Waals surface area (Å²) >= 11 is 0. The number of aryl methyl sites for hydroxylation is 1. The van der Waals surface area contributed by atoms with Gasteiger partial charge in [0.25, 0.3) is 0 Å². The van der Waals surface area contributed by atoms with E-state index in [1.165, 1.54) is 6.07 Å².